The van der Waals surface area contributed by atoms with Gasteiger partial charge < -0.3 is 23.7 Å². The van der Waals surface area contributed by atoms with Crippen LogP contribution in [0.4, 0.5) is 8.78 Å². The molecule has 1 saturated heterocycles. The van der Waals surface area contributed by atoms with Gasteiger partial charge in [-0.3, -0.25) is 14.1 Å². The Balaban J connectivity index is 0.990. The molecule has 0 radical (unpaired) electrons. The highest BCUT2D eigenvalue weighted by Crippen LogP contribution is 2.60. The number of hydrogen-bond donors (Lipinski definition) is 1. The maximum Gasteiger partial charge on any atom is 0.465 e. The molecule has 0 aromatic rings. The van der Waals surface area contributed by atoms with E-state index < -0.39 is 55.9 Å². The van der Waals surface area contributed by atoms with Gasteiger partial charge in [0, 0.05) is 5.92 Å². The molecule has 14 heteroatoms. The average Bonchev–Trinajstić information content (AvgIpc) is 3.10. The SMILES string of the molecule is CC1CC2CCCC(C(=O)OCC3(COC(=O)C45CC6CC(CC(C6)C4)C5)COC(C4CC5CCCC(C5)C4OC(=O)C(F)(F)S(=O)(=O)O)OC3)(C1)C2. The molecule has 11 nitrogen and oxygen atoms in total. The fourth-order valence-corrected chi connectivity index (χ4v) is 13.3. The summed E-state index contributed by atoms with van der Waals surface area (Å²) < 4.78 is 90.9. The normalized spacial score (nSPS) is 44.9. The molecule has 0 amide bonds. The Morgan fingerprint density at radius 3 is 1.96 bits per heavy atom. The van der Waals surface area contributed by atoms with E-state index in [1.165, 1.54) is 19.3 Å². The lowest BCUT2D eigenvalue weighted by Crippen LogP contribution is -2.56. The predicted molar refractivity (Wildman–Crippen MR) is 183 cm³/mol. The van der Waals surface area contributed by atoms with Crippen LogP contribution >= 0.6 is 0 Å². The predicted octanol–water partition coefficient (Wildman–Crippen LogP) is 6.47. The van der Waals surface area contributed by atoms with Gasteiger partial charge in [0.1, 0.15) is 19.3 Å². The molecule has 8 aliphatic carbocycles. The van der Waals surface area contributed by atoms with Crippen molar-refractivity contribution in [1.29, 1.82) is 0 Å². The van der Waals surface area contributed by atoms with Gasteiger partial charge in [0.05, 0.1) is 29.5 Å². The standard InChI is InChI=1S/C39H56F2O11S/c1-23-8-25-5-3-7-37(14-23,15-25)33(42)50-21-36(22-51-34(43)38-16-26-9-27(17-38)11-28(10-26)18-38)19-48-32(49-20-36)30-13-24-4-2-6-29(12-24)31(30)52-35(44)39(40,41)53(45,46)47/h23-32H,2-22H2,1H3,(H,45,46,47). The van der Waals surface area contributed by atoms with Gasteiger partial charge in [0.25, 0.3) is 0 Å². The summed E-state index contributed by atoms with van der Waals surface area (Å²) in [6.07, 6.45) is 13.0. The van der Waals surface area contributed by atoms with Crippen molar-refractivity contribution in [2.45, 2.75) is 134 Å². The lowest BCUT2D eigenvalue weighted by molar-refractivity contribution is -0.286. The monoisotopic (exact) mass is 770 g/mol. The number of rotatable bonds is 10. The summed E-state index contributed by atoms with van der Waals surface area (Å²) in [6, 6.07) is 0. The van der Waals surface area contributed by atoms with Gasteiger partial charge in [0.15, 0.2) is 6.29 Å². The second kappa shape index (κ2) is 13.9. The Hall–Kier alpha value is -1.90. The summed E-state index contributed by atoms with van der Waals surface area (Å²) >= 11 is 0. The average molecular weight is 771 g/mol. The van der Waals surface area contributed by atoms with Crippen LogP contribution in [-0.4, -0.2) is 75.0 Å². The van der Waals surface area contributed by atoms with Crippen LogP contribution in [0, 0.1) is 63.6 Å². The van der Waals surface area contributed by atoms with Crippen molar-refractivity contribution >= 4 is 28.0 Å². The highest BCUT2D eigenvalue weighted by molar-refractivity contribution is 7.87. The van der Waals surface area contributed by atoms with Gasteiger partial charge in [0.2, 0.25) is 0 Å². The number of ether oxygens (including phenoxy) is 5. The van der Waals surface area contributed by atoms with Crippen molar-refractivity contribution in [3.63, 3.8) is 0 Å². The maximum absolute atomic E-state index is 14.4. The van der Waals surface area contributed by atoms with Crippen LogP contribution in [0.1, 0.15) is 116 Å². The van der Waals surface area contributed by atoms with Crippen molar-refractivity contribution in [1.82, 2.24) is 0 Å². The molecule has 0 aromatic heterocycles. The van der Waals surface area contributed by atoms with Crippen molar-refractivity contribution < 1.29 is 59.8 Å². The van der Waals surface area contributed by atoms with E-state index in [2.05, 4.69) is 6.92 Å². The Morgan fingerprint density at radius 1 is 0.755 bits per heavy atom. The smallest absolute Gasteiger partial charge is 0.464 e. The topological polar surface area (TPSA) is 152 Å². The summed E-state index contributed by atoms with van der Waals surface area (Å²) in [4.78, 5) is 40.5. The summed E-state index contributed by atoms with van der Waals surface area (Å²) in [5.74, 6) is -0.948. The van der Waals surface area contributed by atoms with Gasteiger partial charge >= 0.3 is 33.3 Å². The first kappa shape index (κ1) is 38.0. The van der Waals surface area contributed by atoms with Crippen LogP contribution in [0.3, 0.4) is 0 Å². The first-order valence-corrected chi connectivity index (χ1v) is 21.7. The third-order valence-electron chi connectivity index (χ3n) is 14.9. The minimum Gasteiger partial charge on any atom is -0.464 e. The molecule has 9 aliphatic rings. The summed E-state index contributed by atoms with van der Waals surface area (Å²) in [7, 11) is -6.04. The van der Waals surface area contributed by atoms with Crippen molar-refractivity contribution in [2.24, 2.45) is 63.6 Å². The molecule has 9 rings (SSSR count). The fraction of sp³-hybridized carbons (Fsp3) is 0.923. The summed E-state index contributed by atoms with van der Waals surface area (Å²) in [5, 5.41) is -5.12. The molecular formula is C39H56F2O11S. The van der Waals surface area contributed by atoms with Gasteiger partial charge in [-0.1, -0.05) is 32.6 Å². The van der Waals surface area contributed by atoms with Crippen LogP contribution in [0.15, 0.2) is 0 Å². The zero-order valence-corrected chi connectivity index (χ0v) is 31.6. The van der Waals surface area contributed by atoms with E-state index in [0.717, 1.165) is 70.6 Å². The molecule has 7 atom stereocenters. The third kappa shape index (κ3) is 7.18. The van der Waals surface area contributed by atoms with Gasteiger partial charge in [-0.2, -0.15) is 17.2 Å². The lowest BCUT2D eigenvalue weighted by atomic mass is 9.49. The molecule has 0 spiro atoms. The number of hydrogen-bond acceptors (Lipinski definition) is 10. The Kier molecular flexibility index (Phi) is 9.99. The molecule has 8 bridgehead atoms. The molecule has 1 N–H and O–H groups in total. The van der Waals surface area contributed by atoms with E-state index in [0.29, 0.717) is 48.9 Å². The van der Waals surface area contributed by atoms with Gasteiger partial charge in [-0.15, -0.1) is 0 Å². The second-order valence-corrected chi connectivity index (χ2v) is 20.6. The van der Waals surface area contributed by atoms with Crippen LogP contribution in [0.5, 0.6) is 0 Å². The number of halogens is 2. The first-order valence-electron chi connectivity index (χ1n) is 20.2. The van der Waals surface area contributed by atoms with Crippen LogP contribution in [0.2, 0.25) is 0 Å². The summed E-state index contributed by atoms with van der Waals surface area (Å²) in [6.45, 7) is 2.01. The molecule has 0 aromatic carbocycles. The number of esters is 3. The largest absolute Gasteiger partial charge is 0.465 e. The van der Waals surface area contributed by atoms with E-state index in [1.54, 1.807) is 0 Å². The van der Waals surface area contributed by atoms with E-state index in [9.17, 15) is 31.6 Å². The molecule has 9 fully saturated rings. The Morgan fingerprint density at radius 2 is 1.34 bits per heavy atom. The molecule has 1 heterocycles. The number of carbonyl (C=O) groups excluding carboxylic acids is 3. The molecule has 7 unspecified atom stereocenters. The van der Waals surface area contributed by atoms with E-state index in [1.807, 2.05) is 0 Å². The highest BCUT2D eigenvalue weighted by Gasteiger charge is 2.59. The quantitative estimate of drug-likeness (QED) is 0.148. The fourth-order valence-electron chi connectivity index (χ4n) is 13.1. The Bertz CT molecular complexity index is 1470. The lowest BCUT2D eigenvalue weighted by Gasteiger charge is -2.55. The van der Waals surface area contributed by atoms with E-state index in [-0.39, 0.29) is 50.2 Å². The van der Waals surface area contributed by atoms with Crippen molar-refractivity contribution in [3.8, 4) is 0 Å². The summed E-state index contributed by atoms with van der Waals surface area (Å²) in [5.41, 5.74) is -2.04. The number of carbonyl (C=O) groups is 3. The highest BCUT2D eigenvalue weighted by atomic mass is 32.2. The van der Waals surface area contributed by atoms with Crippen LogP contribution in [0.25, 0.3) is 0 Å². The van der Waals surface area contributed by atoms with E-state index >= 15 is 0 Å². The van der Waals surface area contributed by atoms with Crippen LogP contribution < -0.4 is 0 Å². The van der Waals surface area contributed by atoms with Crippen molar-refractivity contribution in [2.75, 3.05) is 26.4 Å². The molecule has 8 saturated carbocycles. The van der Waals surface area contributed by atoms with Gasteiger partial charge in [-0.05, 0) is 125 Å². The molecule has 53 heavy (non-hydrogen) atoms. The van der Waals surface area contributed by atoms with E-state index in [4.69, 9.17) is 28.2 Å². The second-order valence-electron chi connectivity index (χ2n) is 19.2. The minimum absolute atomic E-state index is 0.0151. The maximum atomic E-state index is 14.4. The number of alkyl halides is 2. The third-order valence-corrected chi connectivity index (χ3v) is 15.7. The minimum atomic E-state index is -6.04. The van der Waals surface area contributed by atoms with Gasteiger partial charge in [-0.25, -0.2) is 4.79 Å². The van der Waals surface area contributed by atoms with Crippen molar-refractivity contribution in [3.05, 3.63) is 0 Å². The zero-order chi connectivity index (χ0) is 37.4. The Labute approximate surface area is 311 Å². The molecule has 1 aliphatic heterocycles. The number of fused-ring (bicyclic) bond motifs is 4. The molecule has 298 valence electrons. The first-order chi connectivity index (χ1) is 25.1. The zero-order valence-electron chi connectivity index (χ0n) is 30.8. The van der Waals surface area contributed by atoms with Crippen LogP contribution in [-0.2, 0) is 48.2 Å². The molecular weight excluding hydrogens is 714 g/mol.